The number of carbonyl (C=O) groups is 4. The fourth-order valence-corrected chi connectivity index (χ4v) is 12.3. The molecule has 7 aromatic rings. The summed E-state index contributed by atoms with van der Waals surface area (Å²) in [7, 11) is 1.74. The highest BCUT2D eigenvalue weighted by molar-refractivity contribution is 7.22. The number of halogens is 1. The molecule has 4 aliphatic rings. The molecular formula is C50H40ClN5O5S. The number of nitrogens with zero attached hydrogens (tertiary/aromatic N) is 4. The number of fused-ring (bicyclic) bond motifs is 6. The molecule has 3 fully saturated rings. The lowest BCUT2D eigenvalue weighted by Crippen LogP contribution is -2.49. The van der Waals surface area contributed by atoms with E-state index in [0.29, 0.717) is 34.0 Å². The molecule has 2 saturated heterocycles. The van der Waals surface area contributed by atoms with Gasteiger partial charge in [-0.1, -0.05) is 71.8 Å². The number of para-hydroxylation sites is 1. The van der Waals surface area contributed by atoms with Gasteiger partial charge in [-0.2, -0.15) is 5.10 Å². The van der Waals surface area contributed by atoms with Gasteiger partial charge in [0, 0.05) is 45.5 Å². The number of hydrogen-bond acceptors (Lipinski definition) is 8. The van der Waals surface area contributed by atoms with Gasteiger partial charge < -0.3 is 10.4 Å². The molecule has 6 unspecified atom stereocenters. The van der Waals surface area contributed by atoms with Crippen LogP contribution in [0.4, 0.5) is 22.9 Å². The normalized spacial score (nSPS) is 24.5. The van der Waals surface area contributed by atoms with Crippen LogP contribution in [0.1, 0.15) is 36.8 Å². The van der Waals surface area contributed by atoms with Crippen molar-refractivity contribution in [2.45, 2.75) is 32.6 Å². The summed E-state index contributed by atoms with van der Waals surface area (Å²) in [5.74, 6) is -4.18. The maximum atomic E-state index is 15.4. The van der Waals surface area contributed by atoms with Gasteiger partial charge in [0.25, 0.3) is 0 Å². The second kappa shape index (κ2) is 14.0. The van der Waals surface area contributed by atoms with Crippen molar-refractivity contribution in [2.75, 3.05) is 15.1 Å². The topological polar surface area (TPSA) is 125 Å². The molecule has 11 rings (SSSR count). The SMILES string of the molecule is Cc1c(-c2cc(N3C(=O)C4CC5C(=CCC6C(=O)N(c7ccc(Nc8ccccc8)cc7)C(=O)C65)C(c5ccc(O)c6ccccc56)C4(C)C3=O)n(C)n2)sc2ccc(Cl)cc12. The van der Waals surface area contributed by atoms with Crippen molar-refractivity contribution in [3.05, 3.63) is 143 Å². The van der Waals surface area contributed by atoms with Gasteiger partial charge in [-0.3, -0.25) is 28.8 Å². The Labute approximate surface area is 366 Å². The van der Waals surface area contributed by atoms with E-state index in [0.717, 1.165) is 48.4 Å². The van der Waals surface area contributed by atoms with Crippen LogP contribution in [0.3, 0.4) is 0 Å². The number of hydrogen-bond donors (Lipinski definition) is 2. The molecule has 10 nitrogen and oxygen atoms in total. The van der Waals surface area contributed by atoms with E-state index in [2.05, 4.69) is 11.4 Å². The fourth-order valence-electron chi connectivity index (χ4n) is 11.0. The first-order valence-corrected chi connectivity index (χ1v) is 22.0. The van der Waals surface area contributed by atoms with Gasteiger partial charge in [-0.15, -0.1) is 11.3 Å². The number of amides is 4. The first-order chi connectivity index (χ1) is 29.9. The molecule has 308 valence electrons. The monoisotopic (exact) mass is 857 g/mol. The molecule has 1 saturated carbocycles. The highest BCUT2D eigenvalue weighted by Gasteiger charge is 2.68. The zero-order valence-electron chi connectivity index (χ0n) is 34.0. The summed E-state index contributed by atoms with van der Waals surface area (Å²) in [6.45, 7) is 3.90. The summed E-state index contributed by atoms with van der Waals surface area (Å²) in [4.78, 5) is 63.3. The molecule has 2 N–H and O–H groups in total. The quantitative estimate of drug-likeness (QED) is 0.126. The maximum Gasteiger partial charge on any atom is 0.242 e. The van der Waals surface area contributed by atoms with Crippen molar-refractivity contribution in [2.24, 2.45) is 36.1 Å². The Kier molecular flexibility index (Phi) is 8.65. The molecule has 2 aromatic heterocycles. The molecule has 4 amide bonds. The number of carbonyl (C=O) groups excluding carboxylic acids is 4. The van der Waals surface area contributed by atoms with Crippen LogP contribution in [-0.4, -0.2) is 38.5 Å². The molecule has 2 aliphatic carbocycles. The van der Waals surface area contributed by atoms with E-state index >= 15 is 9.59 Å². The van der Waals surface area contributed by atoms with Crippen LogP contribution in [0.25, 0.3) is 31.4 Å². The number of aryl methyl sites for hydroxylation is 2. The van der Waals surface area contributed by atoms with Crippen molar-refractivity contribution >= 4 is 90.3 Å². The molecule has 5 aromatic carbocycles. The Hall–Kier alpha value is -6.56. The number of aromatic hydroxyl groups is 1. The Morgan fingerprint density at radius 1 is 0.790 bits per heavy atom. The van der Waals surface area contributed by atoms with E-state index in [1.807, 2.05) is 105 Å². The summed E-state index contributed by atoms with van der Waals surface area (Å²) in [5.41, 5.74) is 4.23. The lowest BCUT2D eigenvalue weighted by molar-refractivity contribution is -0.131. The second-order valence-corrected chi connectivity index (χ2v) is 18.6. The molecule has 4 heterocycles. The van der Waals surface area contributed by atoms with Crippen molar-refractivity contribution < 1.29 is 24.3 Å². The Bertz CT molecular complexity index is 3100. The molecule has 0 radical (unpaired) electrons. The third-order valence-corrected chi connectivity index (χ3v) is 15.5. The number of anilines is 4. The lowest BCUT2D eigenvalue weighted by Gasteiger charge is -2.49. The first kappa shape index (κ1) is 38.4. The standard InChI is InChI=1S/C50H40ClN5O5S/c1-26-36-23-27(51)13-22-41(36)62-45(26)39-25-42(54(3)53-39)56-47(59)38-24-37-34(44(50(38,2)49(56)61)33-20-21-40(57)32-12-8-7-11-31(32)33)18-19-35-43(37)48(60)55(46(35)58)30-16-14-29(15-17-30)52-28-9-5-4-6-10-28/h4-18,20-23,25,35,37-38,43-44,52,57H,19,24H2,1-3H3. The zero-order valence-corrected chi connectivity index (χ0v) is 35.6. The highest BCUT2D eigenvalue weighted by Crippen LogP contribution is 2.64. The summed E-state index contributed by atoms with van der Waals surface area (Å²) < 4.78 is 2.64. The van der Waals surface area contributed by atoms with Gasteiger partial charge >= 0.3 is 0 Å². The van der Waals surface area contributed by atoms with Crippen molar-refractivity contribution in [1.82, 2.24) is 9.78 Å². The number of rotatable bonds is 6. The largest absolute Gasteiger partial charge is 0.507 e. The summed E-state index contributed by atoms with van der Waals surface area (Å²) >= 11 is 7.94. The van der Waals surface area contributed by atoms with E-state index in [1.165, 1.54) is 9.80 Å². The van der Waals surface area contributed by atoms with Crippen LogP contribution in [-0.2, 0) is 26.2 Å². The highest BCUT2D eigenvalue weighted by atomic mass is 35.5. The van der Waals surface area contributed by atoms with Crippen molar-refractivity contribution in [3.8, 4) is 16.3 Å². The van der Waals surface area contributed by atoms with Crippen LogP contribution in [0, 0.1) is 36.0 Å². The smallest absolute Gasteiger partial charge is 0.242 e. The van der Waals surface area contributed by atoms with Gasteiger partial charge in [0.15, 0.2) is 0 Å². The van der Waals surface area contributed by atoms with E-state index in [9.17, 15) is 14.7 Å². The van der Waals surface area contributed by atoms with E-state index in [1.54, 1.807) is 47.3 Å². The van der Waals surface area contributed by atoms with Gasteiger partial charge in [-0.05, 0) is 115 Å². The van der Waals surface area contributed by atoms with Crippen LogP contribution >= 0.6 is 22.9 Å². The molecule has 0 spiro atoms. The number of phenols is 1. The number of nitrogens with one attached hydrogen (secondary N) is 1. The second-order valence-electron chi connectivity index (χ2n) is 17.1. The van der Waals surface area contributed by atoms with E-state index in [-0.39, 0.29) is 35.8 Å². The number of imide groups is 2. The summed E-state index contributed by atoms with van der Waals surface area (Å²) in [6, 6.07) is 35.6. The van der Waals surface area contributed by atoms with E-state index < -0.39 is 35.0 Å². The molecule has 0 bridgehead atoms. The molecule has 62 heavy (non-hydrogen) atoms. The minimum absolute atomic E-state index is 0.102. The number of phenolic OH excluding ortho intramolecular Hbond substituents is 1. The van der Waals surface area contributed by atoms with Gasteiger partial charge in [0.1, 0.15) is 17.3 Å². The molecule has 12 heteroatoms. The first-order valence-electron chi connectivity index (χ1n) is 20.8. The molecule has 2 aliphatic heterocycles. The Balaban J connectivity index is 1.00. The van der Waals surface area contributed by atoms with Gasteiger partial charge in [-0.25, -0.2) is 4.90 Å². The summed E-state index contributed by atoms with van der Waals surface area (Å²) in [5, 5.41) is 22.3. The number of benzene rings is 5. The number of aromatic nitrogens is 2. The van der Waals surface area contributed by atoms with Crippen molar-refractivity contribution in [3.63, 3.8) is 0 Å². The third kappa shape index (κ3) is 5.50. The maximum absolute atomic E-state index is 15.4. The third-order valence-electron chi connectivity index (χ3n) is 13.9. The predicted octanol–water partition coefficient (Wildman–Crippen LogP) is 10.3. The minimum Gasteiger partial charge on any atom is -0.507 e. The minimum atomic E-state index is -1.28. The van der Waals surface area contributed by atoms with Crippen LogP contribution in [0.5, 0.6) is 5.75 Å². The van der Waals surface area contributed by atoms with Gasteiger partial charge in [0.2, 0.25) is 23.6 Å². The molecular weight excluding hydrogens is 818 g/mol. The van der Waals surface area contributed by atoms with Crippen LogP contribution in [0.15, 0.2) is 127 Å². The Morgan fingerprint density at radius 3 is 2.29 bits per heavy atom. The van der Waals surface area contributed by atoms with Crippen molar-refractivity contribution in [1.29, 1.82) is 0 Å². The molecule has 6 atom stereocenters. The Morgan fingerprint density at radius 2 is 1.52 bits per heavy atom. The number of allylic oxidation sites excluding steroid dienone is 2. The average Bonchev–Trinajstić information content (AvgIpc) is 3.95. The summed E-state index contributed by atoms with van der Waals surface area (Å²) in [6.07, 6.45) is 2.58. The number of thiophene rings is 1. The van der Waals surface area contributed by atoms with Crippen LogP contribution in [0.2, 0.25) is 5.02 Å². The zero-order chi connectivity index (χ0) is 42.8. The van der Waals surface area contributed by atoms with E-state index in [4.69, 9.17) is 16.7 Å². The van der Waals surface area contributed by atoms with Gasteiger partial charge in [0.05, 0.1) is 33.7 Å². The fraction of sp³-hybridized carbons (Fsp3) is 0.220. The van der Waals surface area contributed by atoms with Crippen LogP contribution < -0.4 is 15.1 Å². The lowest BCUT2D eigenvalue weighted by atomic mass is 9.51. The average molecular weight is 858 g/mol. The predicted molar refractivity (Wildman–Crippen MR) is 243 cm³/mol.